The Morgan fingerprint density at radius 3 is 2.52 bits per heavy atom. The van der Waals surface area contributed by atoms with Crippen molar-refractivity contribution in [3.63, 3.8) is 0 Å². The molecule has 138 valence electrons. The van der Waals surface area contributed by atoms with Gasteiger partial charge in [0.15, 0.2) is 0 Å². The first-order valence-electron chi connectivity index (χ1n) is 7.29. The number of nitro benzene ring substituents is 1. The SMILES string of the molecule is CN(CC(C)(C)CN)S(=O)(=O)c1ccc([N+](=O)[O-])c2cccnc12.Cl. The first-order valence-corrected chi connectivity index (χ1v) is 8.73. The second-order valence-corrected chi connectivity index (χ2v) is 8.38. The van der Waals surface area contributed by atoms with Gasteiger partial charge in [-0.05, 0) is 30.2 Å². The lowest BCUT2D eigenvalue weighted by atomic mass is 9.94. The van der Waals surface area contributed by atoms with Crippen LogP contribution in [0, 0.1) is 15.5 Å². The first-order chi connectivity index (χ1) is 11.1. The fourth-order valence-corrected chi connectivity index (χ4v) is 3.92. The molecule has 0 aliphatic rings. The summed E-state index contributed by atoms with van der Waals surface area (Å²) in [6, 6.07) is 5.45. The van der Waals surface area contributed by atoms with Crippen molar-refractivity contribution in [2.24, 2.45) is 11.1 Å². The van der Waals surface area contributed by atoms with Crippen LogP contribution in [0.3, 0.4) is 0 Å². The molecule has 0 fully saturated rings. The van der Waals surface area contributed by atoms with Crippen molar-refractivity contribution >= 4 is 39.0 Å². The zero-order valence-electron chi connectivity index (χ0n) is 14.2. The average molecular weight is 389 g/mol. The maximum absolute atomic E-state index is 12.9. The molecule has 1 aromatic carbocycles. The molecule has 8 nitrogen and oxygen atoms in total. The second-order valence-electron chi connectivity index (χ2n) is 6.37. The quantitative estimate of drug-likeness (QED) is 0.598. The van der Waals surface area contributed by atoms with Crippen LogP contribution in [0.1, 0.15) is 13.8 Å². The number of sulfonamides is 1. The van der Waals surface area contributed by atoms with Crippen molar-refractivity contribution in [1.82, 2.24) is 9.29 Å². The molecule has 2 rings (SSSR count). The molecule has 0 spiro atoms. The van der Waals surface area contributed by atoms with E-state index in [-0.39, 0.29) is 40.4 Å². The number of fused-ring (bicyclic) bond motifs is 1. The molecule has 0 amide bonds. The molecule has 1 heterocycles. The Kier molecular flexibility index (Phi) is 6.46. The van der Waals surface area contributed by atoms with Crippen LogP contribution in [0.15, 0.2) is 35.4 Å². The maximum Gasteiger partial charge on any atom is 0.278 e. The molecule has 0 bridgehead atoms. The van der Waals surface area contributed by atoms with Gasteiger partial charge in [-0.25, -0.2) is 12.7 Å². The summed E-state index contributed by atoms with van der Waals surface area (Å²) in [7, 11) is -2.40. The zero-order chi connectivity index (χ0) is 18.1. The summed E-state index contributed by atoms with van der Waals surface area (Å²) < 4.78 is 27.0. The van der Waals surface area contributed by atoms with E-state index in [0.29, 0.717) is 6.54 Å². The standard InChI is InChI=1S/C15H20N4O4S.ClH/c1-15(2,9-16)10-18(3)24(22,23)13-7-6-12(19(20)21)11-5-4-8-17-14(11)13;/h4-8H,9-10,16H2,1-3H3;1H. The third-order valence-corrected chi connectivity index (χ3v) is 5.63. The normalized spacial score (nSPS) is 12.2. The number of non-ortho nitro benzene ring substituents is 1. The molecular weight excluding hydrogens is 368 g/mol. The van der Waals surface area contributed by atoms with Gasteiger partial charge in [0.2, 0.25) is 10.0 Å². The Balaban J connectivity index is 0.00000312. The fraction of sp³-hybridized carbons (Fsp3) is 0.400. The van der Waals surface area contributed by atoms with Crippen LogP contribution in [0.25, 0.3) is 10.9 Å². The Morgan fingerprint density at radius 1 is 1.32 bits per heavy atom. The van der Waals surface area contributed by atoms with E-state index >= 15 is 0 Å². The van der Waals surface area contributed by atoms with E-state index in [1.54, 1.807) is 0 Å². The molecule has 2 aromatic rings. The molecule has 0 aliphatic heterocycles. The van der Waals surface area contributed by atoms with Gasteiger partial charge in [-0.2, -0.15) is 0 Å². The van der Waals surface area contributed by atoms with E-state index in [9.17, 15) is 18.5 Å². The summed E-state index contributed by atoms with van der Waals surface area (Å²) in [5.74, 6) is 0. The van der Waals surface area contributed by atoms with Crippen molar-refractivity contribution in [1.29, 1.82) is 0 Å². The van der Waals surface area contributed by atoms with E-state index in [4.69, 9.17) is 5.73 Å². The van der Waals surface area contributed by atoms with Crippen molar-refractivity contribution in [3.05, 3.63) is 40.6 Å². The molecule has 1 aromatic heterocycles. The van der Waals surface area contributed by atoms with Crippen molar-refractivity contribution in [2.75, 3.05) is 20.1 Å². The van der Waals surface area contributed by atoms with Gasteiger partial charge in [0, 0.05) is 25.9 Å². The summed E-state index contributed by atoms with van der Waals surface area (Å²) >= 11 is 0. The molecular formula is C15H21ClN4O4S. The predicted octanol–water partition coefficient (Wildman–Crippen LogP) is 2.17. The lowest BCUT2D eigenvalue weighted by Crippen LogP contribution is -2.39. The molecule has 0 atom stereocenters. The van der Waals surface area contributed by atoms with Crippen LogP contribution in [0.4, 0.5) is 5.69 Å². The second kappa shape index (κ2) is 7.61. The Labute approximate surface area is 152 Å². The fourth-order valence-electron chi connectivity index (χ4n) is 2.42. The van der Waals surface area contributed by atoms with Gasteiger partial charge in [0.1, 0.15) is 4.90 Å². The minimum absolute atomic E-state index is 0. The largest absolute Gasteiger partial charge is 0.330 e. The number of benzene rings is 1. The Bertz CT molecular complexity index is 886. The van der Waals surface area contributed by atoms with Crippen LogP contribution in [-0.4, -0.2) is 42.8 Å². The van der Waals surface area contributed by atoms with Gasteiger partial charge >= 0.3 is 0 Å². The molecule has 0 unspecified atom stereocenters. The van der Waals surface area contributed by atoms with Crippen LogP contribution in [-0.2, 0) is 10.0 Å². The number of aromatic nitrogens is 1. The van der Waals surface area contributed by atoms with Crippen molar-refractivity contribution < 1.29 is 13.3 Å². The van der Waals surface area contributed by atoms with E-state index in [1.807, 2.05) is 13.8 Å². The van der Waals surface area contributed by atoms with Crippen LogP contribution in [0.5, 0.6) is 0 Å². The van der Waals surface area contributed by atoms with Gasteiger partial charge in [-0.3, -0.25) is 15.1 Å². The Morgan fingerprint density at radius 2 is 1.96 bits per heavy atom. The number of halogens is 1. The highest BCUT2D eigenvalue weighted by Crippen LogP contribution is 2.31. The smallest absolute Gasteiger partial charge is 0.278 e. The van der Waals surface area contributed by atoms with Gasteiger partial charge < -0.3 is 5.73 Å². The molecule has 0 radical (unpaired) electrons. The van der Waals surface area contributed by atoms with Gasteiger partial charge in [0.05, 0.1) is 15.8 Å². The number of hydrogen-bond acceptors (Lipinski definition) is 6. The number of hydrogen-bond donors (Lipinski definition) is 1. The number of rotatable bonds is 6. The number of pyridine rings is 1. The van der Waals surface area contributed by atoms with E-state index < -0.39 is 20.4 Å². The summed E-state index contributed by atoms with van der Waals surface area (Å²) in [6.07, 6.45) is 1.41. The lowest BCUT2D eigenvalue weighted by Gasteiger charge is -2.28. The third-order valence-electron chi connectivity index (χ3n) is 3.80. The van der Waals surface area contributed by atoms with E-state index in [1.165, 1.54) is 41.8 Å². The molecule has 0 aliphatic carbocycles. The molecule has 2 N–H and O–H groups in total. The number of nitro groups is 1. The van der Waals surface area contributed by atoms with Crippen molar-refractivity contribution in [2.45, 2.75) is 18.7 Å². The van der Waals surface area contributed by atoms with Crippen molar-refractivity contribution in [3.8, 4) is 0 Å². The highest BCUT2D eigenvalue weighted by Gasteiger charge is 2.30. The van der Waals surface area contributed by atoms with Crippen LogP contribution >= 0.6 is 12.4 Å². The highest BCUT2D eigenvalue weighted by molar-refractivity contribution is 7.89. The Hall–Kier alpha value is -1.81. The third kappa shape index (κ3) is 4.24. The van der Waals surface area contributed by atoms with Crippen LogP contribution < -0.4 is 5.73 Å². The minimum Gasteiger partial charge on any atom is -0.330 e. The zero-order valence-corrected chi connectivity index (χ0v) is 15.8. The van der Waals surface area contributed by atoms with E-state index in [2.05, 4.69) is 4.98 Å². The summed E-state index contributed by atoms with van der Waals surface area (Å²) in [5, 5.41) is 11.3. The van der Waals surface area contributed by atoms with E-state index in [0.717, 1.165) is 0 Å². The van der Waals surface area contributed by atoms with Crippen LogP contribution in [0.2, 0.25) is 0 Å². The molecule has 0 saturated carbocycles. The predicted molar refractivity (Wildman–Crippen MR) is 98.3 cm³/mol. The topological polar surface area (TPSA) is 119 Å². The molecule has 25 heavy (non-hydrogen) atoms. The molecule has 10 heteroatoms. The lowest BCUT2D eigenvalue weighted by molar-refractivity contribution is -0.383. The summed E-state index contributed by atoms with van der Waals surface area (Å²) in [6.45, 7) is 4.28. The number of nitrogens with zero attached hydrogens (tertiary/aromatic N) is 3. The molecule has 0 saturated heterocycles. The van der Waals surface area contributed by atoms with Gasteiger partial charge in [-0.1, -0.05) is 13.8 Å². The first kappa shape index (κ1) is 21.2. The summed E-state index contributed by atoms with van der Waals surface area (Å²) in [4.78, 5) is 14.6. The monoisotopic (exact) mass is 388 g/mol. The average Bonchev–Trinajstić information content (AvgIpc) is 2.53. The summed E-state index contributed by atoms with van der Waals surface area (Å²) in [5.41, 5.74) is 5.18. The van der Waals surface area contributed by atoms with Gasteiger partial charge in [-0.15, -0.1) is 12.4 Å². The van der Waals surface area contributed by atoms with Gasteiger partial charge in [0.25, 0.3) is 5.69 Å². The minimum atomic E-state index is -3.86. The number of nitrogens with two attached hydrogens (primary N) is 1. The maximum atomic E-state index is 12.9. The highest BCUT2D eigenvalue weighted by atomic mass is 35.5.